The highest BCUT2D eigenvalue weighted by Gasteiger charge is 1.94. The van der Waals surface area contributed by atoms with Gasteiger partial charge in [-0.25, -0.2) is 0 Å². The van der Waals surface area contributed by atoms with E-state index in [4.69, 9.17) is 0 Å². The summed E-state index contributed by atoms with van der Waals surface area (Å²) in [6.45, 7) is 15.4. The monoisotopic (exact) mass is 175 g/mol. The maximum absolute atomic E-state index is 10.1. The molecule has 2 N–H and O–H groups in total. The highest BCUT2D eigenvalue weighted by molar-refractivity contribution is 5.77. The van der Waals surface area contributed by atoms with Gasteiger partial charge in [0.05, 0.1) is 0 Å². The Morgan fingerprint density at radius 3 is 1.25 bits per heavy atom. The van der Waals surface area contributed by atoms with Crippen LogP contribution in [0.2, 0.25) is 0 Å². The molecule has 0 bridgehead atoms. The summed E-state index contributed by atoms with van der Waals surface area (Å²) in [6, 6.07) is 0. The van der Waals surface area contributed by atoms with Gasteiger partial charge in [-0.3, -0.25) is 4.79 Å². The average molecular weight is 175 g/mol. The zero-order chi connectivity index (χ0) is 11.2. The van der Waals surface area contributed by atoms with Gasteiger partial charge in [0.2, 0.25) is 0 Å². The molecule has 0 aliphatic rings. The van der Waals surface area contributed by atoms with Gasteiger partial charge >= 0.3 is 0 Å². The molecule has 12 heavy (non-hydrogen) atoms. The van der Waals surface area contributed by atoms with Gasteiger partial charge < -0.3 is 5.73 Å². The molecule has 2 heteroatoms. The van der Waals surface area contributed by atoms with Gasteiger partial charge in [-0.2, -0.15) is 0 Å². The molecule has 0 fully saturated rings. The number of hydrogen-bond acceptors (Lipinski definition) is 2. The Kier molecular flexibility index (Phi) is 59.2. The van der Waals surface area contributed by atoms with Crippen LogP contribution in [0.5, 0.6) is 0 Å². The topological polar surface area (TPSA) is 43.1 Å². The van der Waals surface area contributed by atoms with E-state index in [0.29, 0.717) is 0 Å². The summed E-state index contributed by atoms with van der Waals surface area (Å²) in [5.74, 6) is 0.472. The smallest absolute Gasteiger partial charge is 0.132 e. The van der Waals surface area contributed by atoms with Gasteiger partial charge in [-0.1, -0.05) is 27.7 Å². The van der Waals surface area contributed by atoms with Crippen molar-refractivity contribution in [2.24, 2.45) is 11.7 Å². The van der Waals surface area contributed by atoms with E-state index in [1.54, 1.807) is 6.92 Å². The average Bonchev–Trinajstić information content (AvgIpc) is 2.14. The highest BCUT2D eigenvalue weighted by atomic mass is 16.1. The second-order valence-corrected chi connectivity index (χ2v) is 1.77. The van der Waals surface area contributed by atoms with Gasteiger partial charge in [-0.15, -0.1) is 13.2 Å². The first-order chi connectivity index (χ1) is 5.64. The van der Waals surface area contributed by atoms with E-state index in [9.17, 15) is 4.79 Å². The predicted molar refractivity (Wildman–Crippen MR) is 58.2 cm³/mol. The van der Waals surface area contributed by atoms with E-state index in [0.717, 1.165) is 0 Å². The lowest BCUT2D eigenvalue weighted by atomic mass is 10.1. The van der Waals surface area contributed by atoms with Crippen LogP contribution in [0.4, 0.5) is 0 Å². The second-order valence-electron chi connectivity index (χ2n) is 1.77. The Labute approximate surface area is 77.9 Å². The number of hydrogen-bond donors (Lipinski definition) is 1. The number of ketones is 1. The van der Waals surface area contributed by atoms with Gasteiger partial charge in [0.15, 0.2) is 0 Å². The highest BCUT2D eigenvalue weighted by Crippen LogP contribution is 1.89. The SMILES string of the molecule is C=C.CC.CC(=O)C(C)C.CN. The predicted octanol–water partition coefficient (Wildman–Crippen LogP) is 2.63. The summed E-state index contributed by atoms with van der Waals surface area (Å²) < 4.78 is 0. The molecular formula is C10H25NO. The summed E-state index contributed by atoms with van der Waals surface area (Å²) in [6.07, 6.45) is 0. The molecule has 0 aliphatic heterocycles. The normalized spacial score (nSPS) is 6.00. The maximum atomic E-state index is 10.1. The zero-order valence-electron chi connectivity index (χ0n) is 9.48. The molecule has 0 saturated carbocycles. The quantitative estimate of drug-likeness (QED) is 0.623. The molecule has 0 aromatic carbocycles. The lowest BCUT2D eigenvalue weighted by molar-refractivity contribution is -0.119. The molecule has 0 unspecified atom stereocenters. The van der Waals surface area contributed by atoms with E-state index >= 15 is 0 Å². The van der Waals surface area contributed by atoms with Crippen LogP contribution in [-0.4, -0.2) is 12.8 Å². The van der Waals surface area contributed by atoms with Crippen LogP contribution in [0, 0.1) is 5.92 Å². The summed E-state index contributed by atoms with van der Waals surface area (Å²) in [4.78, 5) is 10.1. The molecule has 0 aromatic heterocycles. The molecule has 0 atom stereocenters. The minimum Gasteiger partial charge on any atom is -0.333 e. The molecule has 76 valence electrons. The molecule has 0 saturated heterocycles. The molecule has 0 rings (SSSR count). The maximum Gasteiger partial charge on any atom is 0.132 e. The van der Waals surface area contributed by atoms with Crippen LogP contribution >= 0.6 is 0 Å². The van der Waals surface area contributed by atoms with Crippen molar-refractivity contribution in [2.75, 3.05) is 7.05 Å². The van der Waals surface area contributed by atoms with Crippen LogP contribution in [0.1, 0.15) is 34.6 Å². The van der Waals surface area contributed by atoms with Gasteiger partial charge in [0.1, 0.15) is 5.78 Å². The number of Topliss-reactive ketones (excluding diaryl/α,β-unsaturated/α-hetero) is 1. The van der Waals surface area contributed by atoms with Crippen molar-refractivity contribution in [1.82, 2.24) is 0 Å². The van der Waals surface area contributed by atoms with E-state index in [1.807, 2.05) is 27.7 Å². The Morgan fingerprint density at radius 1 is 1.17 bits per heavy atom. The van der Waals surface area contributed by atoms with Crippen molar-refractivity contribution in [3.63, 3.8) is 0 Å². The molecule has 0 spiro atoms. The lowest BCUT2D eigenvalue weighted by Crippen LogP contribution is -1.98. The number of nitrogens with two attached hydrogens (primary N) is 1. The van der Waals surface area contributed by atoms with Crippen molar-refractivity contribution < 1.29 is 4.79 Å². The van der Waals surface area contributed by atoms with Crippen LogP contribution in [0.15, 0.2) is 13.2 Å². The van der Waals surface area contributed by atoms with Crippen molar-refractivity contribution in [2.45, 2.75) is 34.6 Å². The summed E-state index contributed by atoms with van der Waals surface area (Å²) >= 11 is 0. The van der Waals surface area contributed by atoms with E-state index in [-0.39, 0.29) is 11.7 Å². The Hall–Kier alpha value is -0.630. The van der Waals surface area contributed by atoms with Gasteiger partial charge in [0.25, 0.3) is 0 Å². The fourth-order valence-corrected chi connectivity index (χ4v) is 0. The third-order valence-electron chi connectivity index (χ3n) is 0.813. The van der Waals surface area contributed by atoms with Crippen molar-refractivity contribution in [3.05, 3.63) is 13.2 Å². The molecule has 0 aliphatic carbocycles. The fourth-order valence-electron chi connectivity index (χ4n) is 0. The lowest BCUT2D eigenvalue weighted by Gasteiger charge is -1.90. The first-order valence-electron chi connectivity index (χ1n) is 4.22. The van der Waals surface area contributed by atoms with Gasteiger partial charge in [0, 0.05) is 5.92 Å². The Balaban J connectivity index is -0.0000000453. The van der Waals surface area contributed by atoms with E-state index in [1.165, 1.54) is 7.05 Å². The van der Waals surface area contributed by atoms with E-state index < -0.39 is 0 Å². The minimum atomic E-state index is 0.213. The Bertz CT molecular complexity index is 70.2. The first-order valence-corrected chi connectivity index (χ1v) is 4.22. The van der Waals surface area contributed by atoms with Gasteiger partial charge in [-0.05, 0) is 14.0 Å². The van der Waals surface area contributed by atoms with Crippen molar-refractivity contribution >= 4 is 5.78 Å². The molecule has 0 amide bonds. The minimum absolute atomic E-state index is 0.213. The first kappa shape index (κ1) is 22.5. The molecule has 2 nitrogen and oxygen atoms in total. The third-order valence-corrected chi connectivity index (χ3v) is 0.813. The van der Waals surface area contributed by atoms with Crippen LogP contribution in [0.25, 0.3) is 0 Å². The van der Waals surface area contributed by atoms with Crippen LogP contribution in [-0.2, 0) is 4.79 Å². The fraction of sp³-hybridized carbons (Fsp3) is 0.700. The molecule has 0 aromatic rings. The largest absolute Gasteiger partial charge is 0.333 e. The van der Waals surface area contributed by atoms with Crippen molar-refractivity contribution in [1.29, 1.82) is 0 Å². The molecule has 0 heterocycles. The van der Waals surface area contributed by atoms with E-state index in [2.05, 4.69) is 18.9 Å². The zero-order valence-corrected chi connectivity index (χ0v) is 9.48. The standard InChI is InChI=1S/C5H10O.C2H6.C2H4.CH5N/c1-4(2)5(3)6;3*1-2/h4H,1-3H3;1-2H3;1-2H2;2H2,1H3. The van der Waals surface area contributed by atoms with Crippen LogP contribution in [0.3, 0.4) is 0 Å². The summed E-state index contributed by atoms with van der Waals surface area (Å²) in [5.41, 5.74) is 4.50. The summed E-state index contributed by atoms with van der Waals surface area (Å²) in [5, 5.41) is 0. The number of rotatable bonds is 1. The summed E-state index contributed by atoms with van der Waals surface area (Å²) in [7, 11) is 1.50. The van der Waals surface area contributed by atoms with Crippen molar-refractivity contribution in [3.8, 4) is 0 Å². The Morgan fingerprint density at radius 2 is 1.25 bits per heavy atom. The number of carbonyl (C=O) groups is 1. The number of carbonyl (C=O) groups excluding carboxylic acids is 1. The molecule has 0 radical (unpaired) electrons. The van der Waals surface area contributed by atoms with Crippen LogP contribution < -0.4 is 5.73 Å². The third kappa shape index (κ3) is 57.8. The molecular weight excluding hydrogens is 150 g/mol. The second kappa shape index (κ2) is 31.6.